The number of ketones is 1. The van der Waals surface area contributed by atoms with Crippen LogP contribution in [0.15, 0.2) is 71.9 Å². The maximum atomic E-state index is 12.7. The van der Waals surface area contributed by atoms with Crippen molar-refractivity contribution in [3.05, 3.63) is 83.4 Å². The standard InChI is InChI=1S/C29H28N2O8/c1-37-22-10-11-23(26(35)17-22)29(36)31-30-20(8-4-18-6-12-24(33)27(14-18)38-2)16-21(32)9-5-19-7-13-25(34)28(15-19)39-3/h4-15,17,33-35H,16H2,1-3H3,(H,31,36). The second-order valence-electron chi connectivity index (χ2n) is 8.10. The number of hydrogen-bond acceptors (Lipinski definition) is 9. The van der Waals surface area contributed by atoms with Gasteiger partial charge < -0.3 is 29.5 Å². The minimum absolute atomic E-state index is 0.0231. The van der Waals surface area contributed by atoms with E-state index in [-0.39, 0.29) is 52.2 Å². The molecule has 0 saturated heterocycles. The Labute approximate surface area is 225 Å². The number of phenols is 3. The van der Waals surface area contributed by atoms with Crippen molar-refractivity contribution < 1.29 is 39.1 Å². The summed E-state index contributed by atoms with van der Waals surface area (Å²) in [5, 5.41) is 33.8. The Morgan fingerprint density at radius 1 is 0.769 bits per heavy atom. The third kappa shape index (κ3) is 7.86. The molecule has 3 aromatic carbocycles. The van der Waals surface area contributed by atoms with Crippen molar-refractivity contribution in [2.75, 3.05) is 21.3 Å². The zero-order chi connectivity index (χ0) is 28.4. The van der Waals surface area contributed by atoms with Crippen molar-refractivity contribution in [1.29, 1.82) is 0 Å². The lowest BCUT2D eigenvalue weighted by Gasteiger charge is -2.07. The van der Waals surface area contributed by atoms with Crippen molar-refractivity contribution in [3.63, 3.8) is 0 Å². The second-order valence-corrected chi connectivity index (χ2v) is 8.10. The number of hydrazone groups is 1. The number of nitrogens with zero attached hydrogens (tertiary/aromatic N) is 1. The van der Waals surface area contributed by atoms with Crippen LogP contribution < -0.4 is 19.6 Å². The lowest BCUT2D eigenvalue weighted by molar-refractivity contribution is -0.113. The Morgan fingerprint density at radius 3 is 1.90 bits per heavy atom. The second kappa shape index (κ2) is 13.3. The van der Waals surface area contributed by atoms with E-state index in [4.69, 9.17) is 14.2 Å². The van der Waals surface area contributed by atoms with E-state index < -0.39 is 5.91 Å². The molecule has 0 spiro atoms. The smallest absolute Gasteiger partial charge is 0.275 e. The maximum absolute atomic E-state index is 12.7. The van der Waals surface area contributed by atoms with E-state index in [9.17, 15) is 24.9 Å². The summed E-state index contributed by atoms with van der Waals surface area (Å²) in [7, 11) is 4.28. The van der Waals surface area contributed by atoms with Crippen LogP contribution in [0.4, 0.5) is 0 Å². The molecule has 202 valence electrons. The molecule has 39 heavy (non-hydrogen) atoms. The molecule has 3 aromatic rings. The molecule has 1 amide bonds. The van der Waals surface area contributed by atoms with Gasteiger partial charge >= 0.3 is 0 Å². The highest BCUT2D eigenvalue weighted by Crippen LogP contribution is 2.28. The highest BCUT2D eigenvalue weighted by Gasteiger charge is 2.12. The van der Waals surface area contributed by atoms with Gasteiger partial charge in [-0.15, -0.1) is 0 Å². The van der Waals surface area contributed by atoms with Crippen LogP contribution in [0.1, 0.15) is 27.9 Å². The first kappa shape index (κ1) is 28.3. The number of nitrogens with one attached hydrogen (secondary N) is 1. The van der Waals surface area contributed by atoms with Gasteiger partial charge in [0, 0.05) is 6.07 Å². The van der Waals surface area contributed by atoms with Crippen molar-refractivity contribution in [3.8, 4) is 34.5 Å². The van der Waals surface area contributed by atoms with E-state index >= 15 is 0 Å². The van der Waals surface area contributed by atoms with Crippen LogP contribution in [0.3, 0.4) is 0 Å². The van der Waals surface area contributed by atoms with Crippen LogP contribution in [-0.2, 0) is 4.79 Å². The summed E-state index contributed by atoms with van der Waals surface area (Å²) < 4.78 is 15.2. The molecule has 0 heterocycles. The SMILES string of the molecule is COc1ccc(C(=O)NN=C(C=Cc2ccc(O)c(OC)c2)CC(=O)C=Cc2ccc(O)c(OC)c2)c(O)c1. The maximum Gasteiger partial charge on any atom is 0.275 e. The van der Waals surface area contributed by atoms with Gasteiger partial charge in [0.1, 0.15) is 11.5 Å². The van der Waals surface area contributed by atoms with Crippen LogP contribution in [-0.4, -0.2) is 54.1 Å². The van der Waals surface area contributed by atoms with Gasteiger partial charge in [-0.05, 0) is 59.7 Å². The van der Waals surface area contributed by atoms with Gasteiger partial charge in [0.15, 0.2) is 28.8 Å². The molecule has 0 unspecified atom stereocenters. The minimum atomic E-state index is -0.688. The Bertz CT molecular complexity index is 1440. The average molecular weight is 533 g/mol. The van der Waals surface area contributed by atoms with Crippen molar-refractivity contribution in [2.45, 2.75) is 6.42 Å². The monoisotopic (exact) mass is 532 g/mol. The first-order chi connectivity index (χ1) is 18.7. The van der Waals surface area contributed by atoms with Crippen LogP contribution in [0.2, 0.25) is 0 Å². The van der Waals surface area contributed by atoms with Gasteiger partial charge in [-0.2, -0.15) is 5.10 Å². The summed E-state index contributed by atoms with van der Waals surface area (Å²) in [6.07, 6.45) is 5.90. The van der Waals surface area contributed by atoms with E-state index in [0.29, 0.717) is 16.9 Å². The fourth-order valence-electron chi connectivity index (χ4n) is 3.36. The molecule has 0 saturated carbocycles. The molecular weight excluding hydrogens is 504 g/mol. The van der Waals surface area contributed by atoms with Gasteiger partial charge in [0.2, 0.25) is 0 Å². The molecule has 0 aliphatic heterocycles. The number of carbonyl (C=O) groups excluding carboxylic acids is 2. The Hall–Kier alpha value is -5.25. The molecule has 0 aliphatic carbocycles. The molecule has 3 rings (SSSR count). The van der Waals surface area contributed by atoms with Crippen LogP contribution in [0, 0.1) is 0 Å². The third-order valence-electron chi connectivity index (χ3n) is 5.44. The van der Waals surface area contributed by atoms with Crippen LogP contribution >= 0.6 is 0 Å². The normalized spacial score (nSPS) is 11.5. The fraction of sp³-hybridized carbons (Fsp3) is 0.138. The number of carbonyl (C=O) groups is 2. The summed E-state index contributed by atoms with van der Waals surface area (Å²) in [4.78, 5) is 25.4. The van der Waals surface area contributed by atoms with Crippen molar-refractivity contribution in [2.24, 2.45) is 5.10 Å². The van der Waals surface area contributed by atoms with E-state index in [0.717, 1.165) is 0 Å². The molecule has 0 bridgehead atoms. The molecule has 0 atom stereocenters. The highest BCUT2D eigenvalue weighted by molar-refractivity contribution is 6.13. The van der Waals surface area contributed by atoms with Crippen LogP contribution in [0.25, 0.3) is 12.2 Å². The number of hydrogen-bond donors (Lipinski definition) is 4. The average Bonchev–Trinajstić information content (AvgIpc) is 2.94. The number of ether oxygens (including phenoxy) is 3. The molecule has 10 heteroatoms. The number of rotatable bonds is 11. The minimum Gasteiger partial charge on any atom is -0.507 e. The summed E-state index contributed by atoms with van der Waals surface area (Å²) >= 11 is 0. The number of benzene rings is 3. The number of methoxy groups -OCH3 is 3. The molecule has 0 radical (unpaired) electrons. The number of phenolic OH excluding ortho intramolecular Hbond substituents is 3. The van der Waals surface area contributed by atoms with Gasteiger partial charge in [-0.25, -0.2) is 5.43 Å². The van der Waals surface area contributed by atoms with Gasteiger partial charge in [-0.3, -0.25) is 9.59 Å². The largest absolute Gasteiger partial charge is 0.507 e. The van der Waals surface area contributed by atoms with Gasteiger partial charge in [-0.1, -0.05) is 24.3 Å². The predicted molar refractivity (Wildman–Crippen MR) is 147 cm³/mol. The summed E-state index contributed by atoms with van der Waals surface area (Å²) in [6, 6.07) is 13.5. The van der Waals surface area contributed by atoms with Crippen molar-refractivity contribution in [1.82, 2.24) is 5.43 Å². The molecule has 0 aromatic heterocycles. The van der Waals surface area contributed by atoms with E-state index in [1.807, 2.05) is 0 Å². The predicted octanol–water partition coefficient (Wildman–Crippen LogP) is 4.30. The number of allylic oxidation sites excluding steroid dienone is 2. The van der Waals surface area contributed by atoms with E-state index in [1.54, 1.807) is 36.4 Å². The lowest BCUT2D eigenvalue weighted by atomic mass is 10.1. The Morgan fingerprint density at radius 2 is 1.36 bits per heavy atom. The Kier molecular flexibility index (Phi) is 9.69. The molecule has 4 N–H and O–H groups in total. The first-order valence-electron chi connectivity index (χ1n) is 11.6. The number of aromatic hydroxyl groups is 3. The zero-order valence-electron chi connectivity index (χ0n) is 21.5. The molecule has 0 aliphatic rings. The third-order valence-corrected chi connectivity index (χ3v) is 5.44. The molecule has 0 fully saturated rings. The summed E-state index contributed by atoms with van der Waals surface area (Å²) in [6.45, 7) is 0. The van der Waals surface area contributed by atoms with E-state index in [2.05, 4.69) is 10.5 Å². The van der Waals surface area contributed by atoms with E-state index in [1.165, 1.54) is 63.8 Å². The highest BCUT2D eigenvalue weighted by atomic mass is 16.5. The van der Waals surface area contributed by atoms with Crippen molar-refractivity contribution >= 4 is 29.6 Å². The molecular formula is C29H28N2O8. The van der Waals surface area contributed by atoms with Gasteiger partial charge in [0.25, 0.3) is 5.91 Å². The van der Waals surface area contributed by atoms with Crippen LogP contribution in [0.5, 0.6) is 34.5 Å². The summed E-state index contributed by atoms with van der Waals surface area (Å²) in [5.74, 6) is -0.443. The zero-order valence-corrected chi connectivity index (χ0v) is 21.5. The molecule has 10 nitrogen and oxygen atoms in total. The lowest BCUT2D eigenvalue weighted by Crippen LogP contribution is -2.20. The number of amides is 1. The Balaban J connectivity index is 1.83. The quantitative estimate of drug-likeness (QED) is 0.162. The summed E-state index contributed by atoms with van der Waals surface area (Å²) in [5.41, 5.74) is 3.82. The topological polar surface area (TPSA) is 147 Å². The first-order valence-corrected chi connectivity index (χ1v) is 11.6. The fourth-order valence-corrected chi connectivity index (χ4v) is 3.36. The van der Waals surface area contributed by atoms with Gasteiger partial charge in [0.05, 0.1) is 39.0 Å².